The van der Waals surface area contributed by atoms with Crippen LogP contribution in [0.2, 0.25) is 5.82 Å². The Bertz CT molecular complexity index is 207. The van der Waals surface area contributed by atoms with Gasteiger partial charge in [0.15, 0.2) is 0 Å². The van der Waals surface area contributed by atoms with Gasteiger partial charge in [-0.3, -0.25) is 0 Å². The Balaban J connectivity index is 4.40. The van der Waals surface area contributed by atoms with Gasteiger partial charge in [-0.1, -0.05) is 0 Å². The molecule has 0 spiro atoms. The fourth-order valence-corrected chi connectivity index (χ4v) is 3.37. The maximum absolute atomic E-state index is 11.1. The molecule has 6 heteroatoms. The first-order valence-electron chi connectivity index (χ1n) is 4.97. The van der Waals surface area contributed by atoms with Crippen LogP contribution in [-0.4, -0.2) is 48.1 Å². The van der Waals surface area contributed by atoms with Crippen LogP contribution in [0.15, 0.2) is 0 Å². The Labute approximate surface area is 103 Å². The molecule has 1 unspecified atom stereocenters. The number of carboxylic acid groups (broad SMARTS) is 1. The van der Waals surface area contributed by atoms with Gasteiger partial charge in [-0.15, -0.1) is 0 Å². The molecule has 0 fully saturated rings. The Morgan fingerprint density at radius 2 is 2.20 bits per heavy atom. The number of hydrogen-bond donors (Lipinski definition) is 3. The average molecular weight is 299 g/mol. The van der Waals surface area contributed by atoms with E-state index in [9.17, 15) is 4.79 Å². The van der Waals surface area contributed by atoms with Crippen molar-refractivity contribution < 1.29 is 9.90 Å². The third-order valence-corrected chi connectivity index (χ3v) is 4.72. The van der Waals surface area contributed by atoms with Gasteiger partial charge >= 0.3 is 103 Å². The van der Waals surface area contributed by atoms with Gasteiger partial charge < -0.3 is 0 Å². The second-order valence-electron chi connectivity index (χ2n) is 3.38. The molecule has 1 atom stereocenters. The second-order valence-corrected chi connectivity index (χ2v) is 5.39. The Kier molecular flexibility index (Phi) is 7.65. The zero-order valence-electron chi connectivity index (χ0n) is 9.27. The van der Waals surface area contributed by atoms with Crippen LogP contribution >= 0.6 is 12.6 Å². The number of thiol groups is 1. The van der Waals surface area contributed by atoms with Crippen molar-refractivity contribution in [2.45, 2.75) is 37.7 Å². The van der Waals surface area contributed by atoms with E-state index in [-0.39, 0.29) is 20.9 Å². The van der Waals surface area contributed by atoms with E-state index in [0.717, 1.165) is 25.8 Å². The minimum atomic E-state index is -1.30. The number of aliphatic carboxylic acids is 1. The number of unbranched alkanes of at least 4 members (excludes halogenated alkanes) is 2. The van der Waals surface area contributed by atoms with Crippen molar-refractivity contribution in [1.29, 1.82) is 0 Å². The summed E-state index contributed by atoms with van der Waals surface area (Å²) in [7, 11) is 0. The van der Waals surface area contributed by atoms with Gasteiger partial charge in [-0.2, -0.15) is 0 Å². The standard InChI is InChI=1S/C9H20N2O2SSe/c1-3-4-5-6-11(15-2)9(10,7-14)8(12)13/h14H,3-7,10H2,1-2H3,(H,12,13). The number of carboxylic acids is 1. The maximum atomic E-state index is 11.1. The molecule has 0 aromatic heterocycles. The summed E-state index contributed by atoms with van der Waals surface area (Å²) < 4.78 is 1.84. The SMILES string of the molecule is CCCCCN([Se]C)C(N)(CS)C(=O)O. The molecule has 90 valence electrons. The van der Waals surface area contributed by atoms with Crippen molar-refractivity contribution in [3.8, 4) is 0 Å². The summed E-state index contributed by atoms with van der Waals surface area (Å²) in [6.45, 7) is 2.86. The second kappa shape index (κ2) is 7.52. The number of nitrogens with zero attached hydrogens (tertiary/aromatic N) is 1. The predicted molar refractivity (Wildman–Crippen MR) is 66.3 cm³/mol. The fraction of sp³-hybridized carbons (Fsp3) is 0.889. The summed E-state index contributed by atoms with van der Waals surface area (Å²) in [6.07, 6.45) is 3.22. The van der Waals surface area contributed by atoms with E-state index in [0.29, 0.717) is 0 Å². The van der Waals surface area contributed by atoms with Gasteiger partial charge in [0.25, 0.3) is 0 Å². The monoisotopic (exact) mass is 300 g/mol. The van der Waals surface area contributed by atoms with Crippen LogP contribution < -0.4 is 5.73 Å². The summed E-state index contributed by atoms with van der Waals surface area (Å²) in [5.74, 6) is 1.13. The summed E-state index contributed by atoms with van der Waals surface area (Å²) in [4.78, 5) is 11.1. The first-order valence-corrected chi connectivity index (χ1v) is 8.09. The quantitative estimate of drug-likeness (QED) is 0.269. The molecule has 0 amide bonds. The van der Waals surface area contributed by atoms with Crippen molar-refractivity contribution in [3.05, 3.63) is 0 Å². The van der Waals surface area contributed by atoms with Crippen LogP contribution in [0, 0.1) is 0 Å². The average Bonchev–Trinajstić information content (AvgIpc) is 2.23. The number of rotatable bonds is 8. The van der Waals surface area contributed by atoms with Gasteiger partial charge in [0.05, 0.1) is 0 Å². The van der Waals surface area contributed by atoms with E-state index in [4.69, 9.17) is 10.8 Å². The van der Waals surface area contributed by atoms with E-state index in [1.165, 1.54) is 0 Å². The molecule has 0 aromatic carbocycles. The summed E-state index contributed by atoms with van der Waals surface area (Å²) in [5, 5.41) is 9.09. The third-order valence-electron chi connectivity index (χ3n) is 2.24. The molecular formula is C9H20N2O2SSe. The summed E-state index contributed by atoms with van der Waals surface area (Å²) in [5.41, 5.74) is 4.54. The molecule has 0 aromatic rings. The van der Waals surface area contributed by atoms with Crippen LogP contribution in [0.5, 0.6) is 0 Å². The number of hydrogen-bond acceptors (Lipinski definition) is 4. The van der Waals surface area contributed by atoms with Crippen molar-refractivity contribution in [2.24, 2.45) is 5.73 Å². The van der Waals surface area contributed by atoms with Crippen molar-refractivity contribution in [3.63, 3.8) is 0 Å². The summed E-state index contributed by atoms with van der Waals surface area (Å²) in [6, 6.07) is 0. The molecule has 0 rings (SSSR count). The van der Waals surface area contributed by atoms with Crippen LogP contribution in [0.3, 0.4) is 0 Å². The minimum absolute atomic E-state index is 0.0869. The Morgan fingerprint density at radius 1 is 1.60 bits per heavy atom. The van der Waals surface area contributed by atoms with E-state index in [1.54, 1.807) is 0 Å². The van der Waals surface area contributed by atoms with Gasteiger partial charge in [-0.25, -0.2) is 0 Å². The molecule has 0 bridgehead atoms. The molecule has 15 heavy (non-hydrogen) atoms. The summed E-state index contributed by atoms with van der Waals surface area (Å²) >= 11 is 4.13. The third kappa shape index (κ3) is 4.33. The molecule has 0 aliphatic carbocycles. The van der Waals surface area contributed by atoms with Crippen molar-refractivity contribution >= 4 is 33.8 Å². The van der Waals surface area contributed by atoms with Gasteiger partial charge in [0.1, 0.15) is 0 Å². The van der Waals surface area contributed by atoms with Crippen LogP contribution in [0.1, 0.15) is 26.2 Å². The van der Waals surface area contributed by atoms with Crippen LogP contribution in [0.25, 0.3) is 0 Å². The molecular weight excluding hydrogens is 279 g/mol. The zero-order valence-corrected chi connectivity index (χ0v) is 11.9. The molecule has 0 radical (unpaired) electrons. The van der Waals surface area contributed by atoms with Gasteiger partial charge in [-0.05, 0) is 0 Å². The molecule has 0 saturated heterocycles. The van der Waals surface area contributed by atoms with Gasteiger partial charge in [0, 0.05) is 0 Å². The van der Waals surface area contributed by atoms with Crippen LogP contribution in [0.4, 0.5) is 0 Å². The first kappa shape index (κ1) is 15.3. The van der Waals surface area contributed by atoms with Gasteiger partial charge in [0.2, 0.25) is 0 Å². The Morgan fingerprint density at radius 3 is 2.53 bits per heavy atom. The van der Waals surface area contributed by atoms with E-state index in [1.807, 2.05) is 9.74 Å². The molecule has 4 nitrogen and oxygen atoms in total. The number of carbonyl (C=O) groups is 1. The zero-order chi connectivity index (χ0) is 11.9. The first-order chi connectivity index (χ1) is 7.02. The fourth-order valence-electron chi connectivity index (χ4n) is 1.21. The Hall–Kier alpha value is 0.259. The predicted octanol–water partition coefficient (Wildman–Crippen LogP) is 0.815. The molecule has 0 aliphatic rings. The van der Waals surface area contributed by atoms with E-state index in [2.05, 4.69) is 19.6 Å². The number of nitrogens with two attached hydrogens (primary N) is 1. The van der Waals surface area contributed by atoms with Crippen molar-refractivity contribution in [1.82, 2.24) is 3.92 Å². The topological polar surface area (TPSA) is 66.6 Å². The van der Waals surface area contributed by atoms with Crippen molar-refractivity contribution in [2.75, 3.05) is 12.3 Å². The molecule has 0 aliphatic heterocycles. The molecule has 0 heterocycles. The molecule has 3 N–H and O–H groups in total. The van der Waals surface area contributed by atoms with E-state index < -0.39 is 11.6 Å². The molecule has 0 saturated carbocycles. The normalized spacial score (nSPS) is 15.3. The van der Waals surface area contributed by atoms with Crippen LogP contribution in [-0.2, 0) is 4.79 Å². The van der Waals surface area contributed by atoms with E-state index >= 15 is 0 Å².